The van der Waals surface area contributed by atoms with E-state index in [1.54, 1.807) is 6.07 Å². The van der Waals surface area contributed by atoms with E-state index in [1.165, 1.54) is 0 Å². The quantitative estimate of drug-likeness (QED) is 0.563. The molecule has 7 nitrogen and oxygen atoms in total. The fraction of sp³-hybridized carbons (Fsp3) is 0.273. The van der Waals surface area contributed by atoms with Gasteiger partial charge in [0.25, 0.3) is 0 Å². The molecule has 4 rings (SSSR count). The Bertz CT molecular complexity index is 979. The Morgan fingerprint density at radius 1 is 1.03 bits per heavy atom. The minimum Gasteiger partial charge on any atom is -0.494 e. The first kappa shape index (κ1) is 18.9. The van der Waals surface area contributed by atoms with Gasteiger partial charge in [0.2, 0.25) is 0 Å². The molecule has 1 aliphatic rings. The van der Waals surface area contributed by atoms with Crippen LogP contribution in [0.1, 0.15) is 18.2 Å². The van der Waals surface area contributed by atoms with E-state index >= 15 is 0 Å². The summed E-state index contributed by atoms with van der Waals surface area (Å²) in [6, 6.07) is 14.7. The van der Waals surface area contributed by atoms with Crippen molar-refractivity contribution in [3.05, 3.63) is 59.8 Å². The van der Waals surface area contributed by atoms with Crippen molar-refractivity contribution in [3.63, 3.8) is 0 Å². The summed E-state index contributed by atoms with van der Waals surface area (Å²) in [7, 11) is 0. The van der Waals surface area contributed by atoms with Crippen LogP contribution >= 0.6 is 0 Å². The highest BCUT2D eigenvalue weighted by Crippen LogP contribution is 2.34. The molecule has 0 amide bonds. The minimum absolute atomic E-state index is 0.0456. The van der Waals surface area contributed by atoms with Crippen molar-refractivity contribution in [2.45, 2.75) is 20.0 Å². The average molecular weight is 395 g/mol. The normalized spacial score (nSPS) is 12.4. The van der Waals surface area contributed by atoms with Gasteiger partial charge < -0.3 is 23.5 Å². The number of rotatable bonds is 7. The smallest absolute Gasteiger partial charge is 0.310 e. The van der Waals surface area contributed by atoms with Crippen LogP contribution in [0.4, 0.5) is 0 Å². The second kappa shape index (κ2) is 8.68. The molecule has 0 unspecified atom stereocenters. The highest BCUT2D eigenvalue weighted by Gasteiger charge is 2.15. The van der Waals surface area contributed by atoms with Gasteiger partial charge in [-0.1, -0.05) is 17.3 Å². The molecule has 2 aromatic carbocycles. The molecular weight excluding hydrogens is 374 g/mol. The lowest BCUT2D eigenvalue weighted by molar-refractivity contribution is -0.144. The molecule has 7 heteroatoms. The molecular formula is C22H21NO6. The lowest BCUT2D eigenvalue weighted by atomic mass is 10.1. The first-order chi connectivity index (χ1) is 14.2. The topological polar surface area (TPSA) is 80.0 Å². The maximum Gasteiger partial charge on any atom is 0.310 e. The molecule has 150 valence electrons. The second-order valence-electron chi connectivity index (χ2n) is 6.46. The zero-order valence-electron chi connectivity index (χ0n) is 16.1. The third kappa shape index (κ3) is 4.68. The predicted molar refractivity (Wildman–Crippen MR) is 104 cm³/mol. The van der Waals surface area contributed by atoms with Gasteiger partial charge in [-0.15, -0.1) is 0 Å². The van der Waals surface area contributed by atoms with Crippen LogP contribution in [0, 0.1) is 0 Å². The Kier molecular flexibility index (Phi) is 5.65. The average Bonchev–Trinajstić information content (AvgIpc) is 3.23. The van der Waals surface area contributed by atoms with Gasteiger partial charge in [-0.05, 0) is 42.8 Å². The summed E-state index contributed by atoms with van der Waals surface area (Å²) in [5, 5.41) is 3.97. The van der Waals surface area contributed by atoms with Crippen molar-refractivity contribution in [3.8, 4) is 28.6 Å². The number of nitrogens with zero attached hydrogens (tertiary/aromatic N) is 1. The predicted octanol–water partition coefficient (Wildman–Crippen LogP) is 3.80. The number of ether oxygens (including phenoxy) is 4. The van der Waals surface area contributed by atoms with Gasteiger partial charge in [-0.3, -0.25) is 4.79 Å². The molecule has 0 spiro atoms. The Morgan fingerprint density at radius 3 is 2.62 bits per heavy atom. The van der Waals surface area contributed by atoms with Gasteiger partial charge in [-0.25, -0.2) is 0 Å². The molecule has 29 heavy (non-hydrogen) atoms. The summed E-state index contributed by atoms with van der Waals surface area (Å²) in [5.74, 6) is 2.40. The monoisotopic (exact) mass is 395 g/mol. The van der Waals surface area contributed by atoms with Crippen LogP contribution in [0.5, 0.6) is 17.2 Å². The van der Waals surface area contributed by atoms with E-state index in [1.807, 2.05) is 49.4 Å². The Hall–Kier alpha value is -3.48. The van der Waals surface area contributed by atoms with E-state index in [2.05, 4.69) is 5.16 Å². The van der Waals surface area contributed by atoms with Gasteiger partial charge in [0.1, 0.15) is 31.3 Å². The second-order valence-corrected chi connectivity index (χ2v) is 6.46. The molecule has 0 saturated heterocycles. The molecule has 0 bridgehead atoms. The van der Waals surface area contributed by atoms with E-state index in [0.29, 0.717) is 42.8 Å². The zero-order chi connectivity index (χ0) is 20.1. The fourth-order valence-electron chi connectivity index (χ4n) is 2.95. The van der Waals surface area contributed by atoms with E-state index in [-0.39, 0.29) is 19.0 Å². The van der Waals surface area contributed by atoms with Crippen LogP contribution < -0.4 is 14.2 Å². The molecule has 1 aliphatic heterocycles. The van der Waals surface area contributed by atoms with E-state index in [9.17, 15) is 4.79 Å². The number of hydrogen-bond donors (Lipinski definition) is 0. The summed E-state index contributed by atoms with van der Waals surface area (Å²) in [6.07, 6.45) is 0.180. The van der Waals surface area contributed by atoms with Crippen molar-refractivity contribution in [2.75, 3.05) is 19.8 Å². The highest BCUT2D eigenvalue weighted by molar-refractivity contribution is 5.72. The third-order valence-corrected chi connectivity index (χ3v) is 4.35. The highest BCUT2D eigenvalue weighted by atomic mass is 16.6. The summed E-state index contributed by atoms with van der Waals surface area (Å²) >= 11 is 0. The molecule has 2 heterocycles. The number of benzene rings is 2. The van der Waals surface area contributed by atoms with Gasteiger partial charge in [0, 0.05) is 11.6 Å². The molecule has 3 aromatic rings. The number of esters is 1. The largest absolute Gasteiger partial charge is 0.494 e. The molecule has 0 N–H and O–H groups in total. The first-order valence-electron chi connectivity index (χ1n) is 9.44. The summed E-state index contributed by atoms with van der Waals surface area (Å²) in [4.78, 5) is 12.1. The summed E-state index contributed by atoms with van der Waals surface area (Å²) in [5.41, 5.74) is 2.21. The number of fused-ring (bicyclic) bond motifs is 1. The van der Waals surface area contributed by atoms with Crippen LogP contribution in [0.25, 0.3) is 11.3 Å². The molecule has 0 saturated carbocycles. The van der Waals surface area contributed by atoms with Gasteiger partial charge in [0.15, 0.2) is 17.3 Å². The zero-order valence-corrected chi connectivity index (χ0v) is 16.1. The maximum atomic E-state index is 12.1. The molecule has 0 fully saturated rings. The fourth-order valence-corrected chi connectivity index (χ4v) is 2.95. The van der Waals surface area contributed by atoms with Crippen molar-refractivity contribution in [1.82, 2.24) is 5.16 Å². The SMILES string of the molecule is CCOc1ccc(CC(=O)OCc2cc(-c3ccc4c(c3)OCCO4)on2)cc1. The number of carbonyl (C=O) groups is 1. The lowest BCUT2D eigenvalue weighted by Crippen LogP contribution is -2.15. The van der Waals surface area contributed by atoms with Crippen LogP contribution in [-0.2, 0) is 22.6 Å². The maximum absolute atomic E-state index is 12.1. The van der Waals surface area contributed by atoms with Crippen molar-refractivity contribution in [2.24, 2.45) is 0 Å². The summed E-state index contributed by atoms with van der Waals surface area (Å²) in [6.45, 7) is 3.63. The van der Waals surface area contributed by atoms with E-state index < -0.39 is 0 Å². The van der Waals surface area contributed by atoms with Crippen molar-refractivity contribution < 1.29 is 28.3 Å². The van der Waals surface area contributed by atoms with E-state index in [4.69, 9.17) is 23.5 Å². The minimum atomic E-state index is -0.335. The third-order valence-electron chi connectivity index (χ3n) is 4.35. The van der Waals surface area contributed by atoms with E-state index in [0.717, 1.165) is 16.9 Å². The summed E-state index contributed by atoms with van der Waals surface area (Å²) < 4.78 is 27.2. The Balaban J connectivity index is 1.32. The Labute approximate surface area is 168 Å². The van der Waals surface area contributed by atoms with Crippen molar-refractivity contribution >= 4 is 5.97 Å². The van der Waals surface area contributed by atoms with Crippen LogP contribution in [0.2, 0.25) is 0 Å². The molecule has 0 aliphatic carbocycles. The van der Waals surface area contributed by atoms with Crippen molar-refractivity contribution in [1.29, 1.82) is 0 Å². The standard InChI is InChI=1S/C22H21NO6/c1-2-25-18-6-3-15(4-7-18)11-22(24)28-14-17-13-20(29-23-17)16-5-8-19-21(12-16)27-10-9-26-19/h3-8,12-13H,2,9-11,14H2,1H3. The molecule has 0 atom stereocenters. The number of aromatic nitrogens is 1. The number of carbonyl (C=O) groups excluding carboxylic acids is 1. The van der Waals surface area contributed by atoms with Gasteiger partial charge in [0.05, 0.1) is 13.0 Å². The van der Waals surface area contributed by atoms with Gasteiger partial charge >= 0.3 is 5.97 Å². The van der Waals surface area contributed by atoms with Crippen LogP contribution in [0.3, 0.4) is 0 Å². The lowest BCUT2D eigenvalue weighted by Gasteiger charge is -2.18. The van der Waals surface area contributed by atoms with Crippen LogP contribution in [-0.4, -0.2) is 30.9 Å². The molecule has 0 radical (unpaired) electrons. The molecule has 1 aromatic heterocycles. The van der Waals surface area contributed by atoms with Gasteiger partial charge in [-0.2, -0.15) is 0 Å². The van der Waals surface area contributed by atoms with Crippen LogP contribution in [0.15, 0.2) is 53.1 Å². The number of hydrogen-bond acceptors (Lipinski definition) is 7. The Morgan fingerprint density at radius 2 is 1.83 bits per heavy atom. The first-order valence-corrected chi connectivity index (χ1v) is 9.44.